The molecule has 0 heterocycles. The molecule has 1 amide bonds. The maximum absolute atomic E-state index is 13.3. The lowest BCUT2D eigenvalue weighted by Gasteiger charge is -2.13. The van der Waals surface area contributed by atoms with Gasteiger partial charge in [-0.3, -0.25) is 9.52 Å². The van der Waals surface area contributed by atoms with Crippen LogP contribution in [0.5, 0.6) is 0 Å². The predicted octanol–water partition coefficient (Wildman–Crippen LogP) is 2.45. The van der Waals surface area contributed by atoms with E-state index in [-0.39, 0.29) is 11.3 Å². The van der Waals surface area contributed by atoms with Crippen LogP contribution in [0.3, 0.4) is 0 Å². The molecular weight excluding hydrogens is 394 g/mol. The van der Waals surface area contributed by atoms with Gasteiger partial charge in [-0.1, -0.05) is 6.07 Å². The number of sulfonamides is 1. The van der Waals surface area contributed by atoms with Crippen molar-refractivity contribution in [2.24, 2.45) is 0 Å². The zero-order valence-electron chi connectivity index (χ0n) is 15.0. The smallest absolute Gasteiger partial charge is 0.338 e. The first-order valence-corrected chi connectivity index (χ1v) is 9.69. The van der Waals surface area contributed by atoms with Gasteiger partial charge in [-0.25, -0.2) is 22.0 Å². The molecule has 0 radical (unpaired) electrons. The predicted molar refractivity (Wildman–Crippen MR) is 97.2 cm³/mol. The van der Waals surface area contributed by atoms with Crippen LogP contribution in [-0.4, -0.2) is 32.9 Å². The summed E-state index contributed by atoms with van der Waals surface area (Å²) in [7, 11) is -4.21. The molecule has 28 heavy (non-hydrogen) atoms. The molecule has 0 spiro atoms. The van der Waals surface area contributed by atoms with Crippen LogP contribution in [0.4, 0.5) is 14.5 Å². The third kappa shape index (κ3) is 5.26. The van der Waals surface area contributed by atoms with Crippen LogP contribution in [0.1, 0.15) is 24.2 Å². The fraction of sp³-hybridized carbons (Fsp3) is 0.222. The van der Waals surface area contributed by atoms with E-state index in [9.17, 15) is 26.8 Å². The Morgan fingerprint density at radius 3 is 2.46 bits per heavy atom. The van der Waals surface area contributed by atoms with E-state index in [1.54, 1.807) is 6.92 Å². The summed E-state index contributed by atoms with van der Waals surface area (Å²) in [5.41, 5.74) is 0.00600. The Kier molecular flexibility index (Phi) is 6.68. The van der Waals surface area contributed by atoms with Gasteiger partial charge in [0.15, 0.2) is 17.7 Å². The molecule has 10 heteroatoms. The number of rotatable bonds is 7. The number of anilines is 1. The number of hydrogen-bond acceptors (Lipinski definition) is 5. The molecule has 2 aromatic rings. The summed E-state index contributed by atoms with van der Waals surface area (Å²) < 4.78 is 58.1. The van der Waals surface area contributed by atoms with Crippen LogP contribution in [0.25, 0.3) is 0 Å². The molecule has 0 saturated heterocycles. The molecule has 1 atom stereocenters. The highest BCUT2D eigenvalue weighted by molar-refractivity contribution is 7.92. The lowest BCUT2D eigenvalue weighted by molar-refractivity contribution is -0.128. The van der Waals surface area contributed by atoms with Gasteiger partial charge in [0.25, 0.3) is 15.9 Å². The lowest BCUT2D eigenvalue weighted by atomic mass is 10.2. The summed E-state index contributed by atoms with van der Waals surface area (Å²) in [6.07, 6.45) is -1.03. The molecule has 0 unspecified atom stereocenters. The maximum atomic E-state index is 13.3. The second-order valence-corrected chi connectivity index (χ2v) is 7.39. The van der Waals surface area contributed by atoms with Gasteiger partial charge in [0.05, 0.1) is 10.5 Å². The summed E-state index contributed by atoms with van der Waals surface area (Å²) in [6, 6.07) is 7.49. The minimum absolute atomic E-state index is 0.00151. The Labute approximate surface area is 160 Å². The van der Waals surface area contributed by atoms with Gasteiger partial charge in [-0.05, 0) is 50.2 Å². The van der Waals surface area contributed by atoms with Gasteiger partial charge in [0.2, 0.25) is 0 Å². The Hall–Kier alpha value is -3.01. The summed E-state index contributed by atoms with van der Waals surface area (Å²) in [5.74, 6) is -3.77. The van der Waals surface area contributed by atoms with E-state index in [4.69, 9.17) is 4.74 Å². The molecule has 0 fully saturated rings. The summed E-state index contributed by atoms with van der Waals surface area (Å²) >= 11 is 0. The largest absolute Gasteiger partial charge is 0.449 e. The first kappa shape index (κ1) is 21.3. The monoisotopic (exact) mass is 412 g/mol. The Morgan fingerprint density at radius 1 is 1.11 bits per heavy atom. The summed E-state index contributed by atoms with van der Waals surface area (Å²) in [4.78, 5) is 23.3. The van der Waals surface area contributed by atoms with Crippen LogP contribution in [0, 0.1) is 11.6 Å². The van der Waals surface area contributed by atoms with E-state index in [2.05, 4.69) is 10.0 Å². The van der Waals surface area contributed by atoms with Crippen molar-refractivity contribution >= 4 is 27.6 Å². The van der Waals surface area contributed by atoms with Crippen molar-refractivity contribution in [3.63, 3.8) is 0 Å². The zero-order chi connectivity index (χ0) is 20.9. The van der Waals surface area contributed by atoms with Crippen molar-refractivity contribution in [2.45, 2.75) is 24.8 Å². The molecule has 0 bridgehead atoms. The first-order chi connectivity index (χ1) is 13.1. The standard InChI is InChI=1S/C18H18F2N2O5S/c1-3-21-17(23)11(2)27-18(24)12-5-4-6-13(9-12)22-28(25,26)14-7-8-15(19)16(20)10-14/h4-11,22H,3H2,1-2H3,(H,21,23)/t11-/m1/s1. The van der Waals surface area contributed by atoms with Crippen molar-refractivity contribution in [3.05, 3.63) is 59.7 Å². The average molecular weight is 412 g/mol. The second-order valence-electron chi connectivity index (χ2n) is 5.70. The Morgan fingerprint density at radius 2 is 1.82 bits per heavy atom. The normalized spacial score (nSPS) is 12.1. The zero-order valence-corrected chi connectivity index (χ0v) is 15.8. The summed E-state index contributed by atoms with van der Waals surface area (Å²) in [5, 5.41) is 2.51. The lowest BCUT2D eigenvalue weighted by Crippen LogP contribution is -2.35. The number of hydrogen-bond donors (Lipinski definition) is 2. The quantitative estimate of drug-likeness (QED) is 0.681. The number of benzene rings is 2. The van der Waals surface area contributed by atoms with E-state index >= 15 is 0 Å². The third-order valence-electron chi connectivity index (χ3n) is 3.56. The van der Waals surface area contributed by atoms with Crippen LogP contribution >= 0.6 is 0 Å². The SMILES string of the molecule is CCNC(=O)[C@@H](C)OC(=O)c1cccc(NS(=O)(=O)c2ccc(F)c(F)c2)c1. The van der Waals surface area contributed by atoms with Gasteiger partial charge in [0, 0.05) is 12.2 Å². The number of carbonyl (C=O) groups excluding carboxylic acids is 2. The second kappa shape index (κ2) is 8.79. The minimum Gasteiger partial charge on any atom is -0.449 e. The fourth-order valence-electron chi connectivity index (χ4n) is 2.17. The van der Waals surface area contributed by atoms with E-state index in [1.807, 2.05) is 0 Å². The molecule has 2 rings (SSSR count). The fourth-order valence-corrected chi connectivity index (χ4v) is 3.23. The molecule has 2 N–H and O–H groups in total. The number of likely N-dealkylation sites (N-methyl/N-ethyl adjacent to an activating group) is 1. The van der Waals surface area contributed by atoms with Gasteiger partial charge in [-0.2, -0.15) is 0 Å². The van der Waals surface area contributed by atoms with E-state index < -0.39 is 44.5 Å². The minimum atomic E-state index is -4.21. The van der Waals surface area contributed by atoms with E-state index in [0.717, 1.165) is 6.07 Å². The van der Waals surface area contributed by atoms with Crippen LogP contribution < -0.4 is 10.0 Å². The van der Waals surface area contributed by atoms with Gasteiger partial charge < -0.3 is 10.1 Å². The van der Waals surface area contributed by atoms with Crippen molar-refractivity contribution in [1.29, 1.82) is 0 Å². The maximum Gasteiger partial charge on any atom is 0.338 e. The molecule has 0 aliphatic rings. The van der Waals surface area contributed by atoms with Crippen molar-refractivity contribution in [3.8, 4) is 0 Å². The number of esters is 1. The molecular formula is C18H18F2N2O5S. The first-order valence-electron chi connectivity index (χ1n) is 8.20. The number of carbonyl (C=O) groups is 2. The third-order valence-corrected chi connectivity index (χ3v) is 4.93. The average Bonchev–Trinajstić information content (AvgIpc) is 2.63. The number of halogens is 2. The molecule has 0 aliphatic carbocycles. The molecule has 7 nitrogen and oxygen atoms in total. The van der Waals surface area contributed by atoms with E-state index in [1.165, 1.54) is 31.2 Å². The highest BCUT2D eigenvalue weighted by Gasteiger charge is 2.20. The highest BCUT2D eigenvalue weighted by Crippen LogP contribution is 2.19. The van der Waals surface area contributed by atoms with Gasteiger partial charge >= 0.3 is 5.97 Å². The molecule has 0 aromatic heterocycles. The summed E-state index contributed by atoms with van der Waals surface area (Å²) in [6.45, 7) is 3.50. The Bertz CT molecular complexity index is 995. The molecule has 2 aromatic carbocycles. The van der Waals surface area contributed by atoms with Crippen molar-refractivity contribution in [2.75, 3.05) is 11.3 Å². The Balaban J connectivity index is 2.17. The van der Waals surface area contributed by atoms with E-state index in [0.29, 0.717) is 18.7 Å². The topological polar surface area (TPSA) is 102 Å². The van der Waals surface area contributed by atoms with Gasteiger partial charge in [-0.15, -0.1) is 0 Å². The van der Waals surface area contributed by atoms with Crippen LogP contribution in [0.15, 0.2) is 47.4 Å². The van der Waals surface area contributed by atoms with Crippen molar-refractivity contribution in [1.82, 2.24) is 5.32 Å². The number of nitrogens with one attached hydrogen (secondary N) is 2. The number of amides is 1. The molecule has 0 aliphatic heterocycles. The van der Waals surface area contributed by atoms with Crippen molar-refractivity contribution < 1.29 is 31.5 Å². The van der Waals surface area contributed by atoms with Crippen LogP contribution in [-0.2, 0) is 19.6 Å². The molecule has 150 valence electrons. The molecule has 0 saturated carbocycles. The number of ether oxygens (including phenoxy) is 1. The van der Waals surface area contributed by atoms with Gasteiger partial charge in [0.1, 0.15) is 0 Å². The highest BCUT2D eigenvalue weighted by atomic mass is 32.2. The van der Waals surface area contributed by atoms with Crippen LogP contribution in [0.2, 0.25) is 0 Å².